The molecule has 6 heteroatoms. The molecule has 5 nitrogen and oxygen atoms in total. The third-order valence-corrected chi connectivity index (χ3v) is 3.22. The highest BCUT2D eigenvalue weighted by atomic mass is 35.5. The van der Waals surface area contributed by atoms with Crippen molar-refractivity contribution >= 4 is 29.2 Å². The lowest BCUT2D eigenvalue weighted by atomic mass is 9.98. The SMILES string of the molecule is CC(CC(=O)O)c1ccc(NC(=O)c2ccc(Cl)o2)cc1. The topological polar surface area (TPSA) is 79.5 Å². The van der Waals surface area contributed by atoms with Crippen molar-refractivity contribution < 1.29 is 19.1 Å². The first-order chi connectivity index (χ1) is 9.95. The Bertz CT molecular complexity index is 648. The number of hydrogen-bond donors (Lipinski definition) is 2. The molecular weight excluding hydrogens is 294 g/mol. The summed E-state index contributed by atoms with van der Waals surface area (Å²) in [6.07, 6.45) is 0.0661. The Morgan fingerprint density at radius 3 is 2.43 bits per heavy atom. The van der Waals surface area contributed by atoms with Gasteiger partial charge in [-0.15, -0.1) is 0 Å². The van der Waals surface area contributed by atoms with Crippen LogP contribution in [0.1, 0.15) is 35.4 Å². The van der Waals surface area contributed by atoms with Gasteiger partial charge in [-0.1, -0.05) is 19.1 Å². The van der Waals surface area contributed by atoms with Crippen LogP contribution in [0.25, 0.3) is 0 Å². The molecule has 1 heterocycles. The number of rotatable bonds is 5. The van der Waals surface area contributed by atoms with Crippen molar-refractivity contribution in [1.29, 1.82) is 0 Å². The third-order valence-electron chi connectivity index (χ3n) is 3.02. The lowest BCUT2D eigenvalue weighted by molar-refractivity contribution is -0.137. The molecule has 0 fully saturated rings. The Balaban J connectivity index is 2.02. The molecule has 110 valence electrons. The lowest BCUT2D eigenvalue weighted by Crippen LogP contribution is -2.11. The first-order valence-electron chi connectivity index (χ1n) is 6.34. The molecular formula is C15H14ClNO4. The number of carbonyl (C=O) groups excluding carboxylic acids is 1. The smallest absolute Gasteiger partial charge is 0.303 e. The molecule has 0 saturated heterocycles. The van der Waals surface area contributed by atoms with Gasteiger partial charge >= 0.3 is 5.97 Å². The van der Waals surface area contributed by atoms with Crippen molar-refractivity contribution in [2.45, 2.75) is 19.3 Å². The van der Waals surface area contributed by atoms with Crippen molar-refractivity contribution in [3.63, 3.8) is 0 Å². The summed E-state index contributed by atoms with van der Waals surface area (Å²) in [4.78, 5) is 22.5. The number of carbonyl (C=O) groups is 2. The predicted molar refractivity (Wildman–Crippen MR) is 78.8 cm³/mol. The van der Waals surface area contributed by atoms with Crippen molar-refractivity contribution in [2.75, 3.05) is 5.32 Å². The highest BCUT2D eigenvalue weighted by molar-refractivity contribution is 6.29. The van der Waals surface area contributed by atoms with E-state index in [-0.39, 0.29) is 23.3 Å². The van der Waals surface area contributed by atoms with Crippen LogP contribution in [0.2, 0.25) is 5.22 Å². The maximum absolute atomic E-state index is 11.9. The number of amides is 1. The zero-order chi connectivity index (χ0) is 15.4. The molecule has 0 bridgehead atoms. The van der Waals surface area contributed by atoms with Gasteiger partial charge in [0.2, 0.25) is 0 Å². The van der Waals surface area contributed by atoms with Crippen LogP contribution in [0.5, 0.6) is 0 Å². The Morgan fingerprint density at radius 1 is 1.24 bits per heavy atom. The van der Waals surface area contributed by atoms with Gasteiger partial charge in [0.15, 0.2) is 11.0 Å². The normalized spacial score (nSPS) is 11.9. The molecule has 0 spiro atoms. The van der Waals surface area contributed by atoms with Crippen LogP contribution in [0.3, 0.4) is 0 Å². The summed E-state index contributed by atoms with van der Waals surface area (Å²) >= 11 is 5.61. The van der Waals surface area contributed by atoms with Gasteiger partial charge in [0.1, 0.15) is 0 Å². The summed E-state index contributed by atoms with van der Waals surface area (Å²) in [6, 6.07) is 10.00. The molecule has 1 atom stereocenters. The average Bonchev–Trinajstić information content (AvgIpc) is 2.85. The van der Waals surface area contributed by atoms with E-state index >= 15 is 0 Å². The van der Waals surface area contributed by atoms with E-state index in [0.29, 0.717) is 5.69 Å². The van der Waals surface area contributed by atoms with E-state index in [9.17, 15) is 9.59 Å². The minimum Gasteiger partial charge on any atom is -0.481 e. The summed E-state index contributed by atoms with van der Waals surface area (Å²) in [5.41, 5.74) is 1.50. The van der Waals surface area contributed by atoms with Crippen molar-refractivity contribution in [2.24, 2.45) is 0 Å². The molecule has 0 aliphatic carbocycles. The van der Waals surface area contributed by atoms with Gasteiger partial charge in [0.25, 0.3) is 5.91 Å². The monoisotopic (exact) mass is 307 g/mol. The van der Waals surface area contributed by atoms with E-state index in [2.05, 4.69) is 5.32 Å². The quantitative estimate of drug-likeness (QED) is 0.881. The van der Waals surface area contributed by atoms with Gasteiger partial charge in [-0.3, -0.25) is 9.59 Å². The molecule has 0 aliphatic heterocycles. The van der Waals surface area contributed by atoms with Gasteiger partial charge < -0.3 is 14.8 Å². The highest BCUT2D eigenvalue weighted by Crippen LogP contribution is 2.21. The predicted octanol–water partition coefficient (Wildman–Crippen LogP) is 3.76. The number of carboxylic acids is 1. The van der Waals surface area contributed by atoms with Crippen LogP contribution < -0.4 is 5.32 Å². The van der Waals surface area contributed by atoms with Crippen LogP contribution in [-0.2, 0) is 4.79 Å². The van der Waals surface area contributed by atoms with Crippen LogP contribution in [0.4, 0.5) is 5.69 Å². The van der Waals surface area contributed by atoms with Gasteiger partial charge in [-0.25, -0.2) is 0 Å². The number of carboxylic acid groups (broad SMARTS) is 1. The number of benzene rings is 1. The van der Waals surface area contributed by atoms with Crippen LogP contribution in [-0.4, -0.2) is 17.0 Å². The molecule has 1 aromatic heterocycles. The summed E-state index contributed by atoms with van der Waals surface area (Å²) in [5, 5.41) is 11.6. The van der Waals surface area contributed by atoms with Crippen LogP contribution >= 0.6 is 11.6 Å². The summed E-state index contributed by atoms with van der Waals surface area (Å²) < 4.78 is 5.01. The van der Waals surface area contributed by atoms with Crippen LogP contribution in [0.15, 0.2) is 40.8 Å². The standard InChI is InChI=1S/C15H14ClNO4/c1-9(8-14(18)19)10-2-4-11(5-3-10)17-15(20)12-6-7-13(16)21-12/h2-7,9H,8H2,1H3,(H,17,20)(H,18,19). The molecule has 1 aromatic carbocycles. The summed E-state index contributed by atoms with van der Waals surface area (Å²) in [5.74, 6) is -1.19. The number of halogens is 1. The van der Waals surface area contributed by atoms with Crippen molar-refractivity contribution in [3.05, 3.63) is 52.9 Å². The number of hydrogen-bond acceptors (Lipinski definition) is 3. The molecule has 1 amide bonds. The fraction of sp³-hybridized carbons (Fsp3) is 0.200. The Morgan fingerprint density at radius 2 is 1.90 bits per heavy atom. The number of nitrogens with one attached hydrogen (secondary N) is 1. The van der Waals surface area contributed by atoms with E-state index in [1.54, 1.807) is 24.3 Å². The first-order valence-corrected chi connectivity index (χ1v) is 6.72. The van der Waals surface area contributed by atoms with Gasteiger partial charge in [-0.2, -0.15) is 0 Å². The maximum Gasteiger partial charge on any atom is 0.303 e. The number of furan rings is 1. The van der Waals surface area contributed by atoms with E-state index in [4.69, 9.17) is 21.1 Å². The second-order valence-corrected chi connectivity index (χ2v) is 5.05. The highest BCUT2D eigenvalue weighted by Gasteiger charge is 2.12. The first kappa shape index (κ1) is 15.1. The fourth-order valence-corrected chi connectivity index (χ4v) is 2.05. The zero-order valence-electron chi connectivity index (χ0n) is 11.3. The van der Waals surface area contributed by atoms with Gasteiger partial charge in [0, 0.05) is 5.69 Å². The molecule has 2 N–H and O–H groups in total. The summed E-state index contributed by atoms with van der Waals surface area (Å²) in [7, 11) is 0. The van der Waals surface area contributed by atoms with Gasteiger partial charge in [-0.05, 0) is 47.3 Å². The Hall–Kier alpha value is -2.27. The molecule has 0 saturated carbocycles. The molecule has 0 aliphatic rings. The number of aliphatic carboxylic acids is 1. The largest absolute Gasteiger partial charge is 0.481 e. The number of anilines is 1. The fourth-order valence-electron chi connectivity index (χ4n) is 1.90. The third kappa shape index (κ3) is 4.10. The molecule has 2 rings (SSSR count). The van der Waals surface area contributed by atoms with E-state index in [1.165, 1.54) is 12.1 Å². The van der Waals surface area contributed by atoms with E-state index in [0.717, 1.165) is 5.56 Å². The maximum atomic E-state index is 11.9. The summed E-state index contributed by atoms with van der Waals surface area (Å²) in [6.45, 7) is 1.84. The average molecular weight is 308 g/mol. The molecule has 0 radical (unpaired) electrons. The van der Waals surface area contributed by atoms with E-state index < -0.39 is 11.9 Å². The van der Waals surface area contributed by atoms with Crippen LogP contribution in [0, 0.1) is 0 Å². The van der Waals surface area contributed by atoms with E-state index in [1.807, 2.05) is 6.92 Å². The minimum absolute atomic E-state index is 0.0661. The Kier molecular flexibility index (Phi) is 4.65. The lowest BCUT2D eigenvalue weighted by Gasteiger charge is -2.10. The molecule has 2 aromatic rings. The molecule has 21 heavy (non-hydrogen) atoms. The van der Waals surface area contributed by atoms with Crippen molar-refractivity contribution in [3.8, 4) is 0 Å². The second-order valence-electron chi connectivity index (χ2n) is 4.68. The minimum atomic E-state index is -0.838. The Labute approximate surface area is 126 Å². The molecule has 1 unspecified atom stereocenters. The zero-order valence-corrected chi connectivity index (χ0v) is 12.1. The van der Waals surface area contributed by atoms with Crippen molar-refractivity contribution in [1.82, 2.24) is 0 Å². The van der Waals surface area contributed by atoms with Gasteiger partial charge in [0.05, 0.1) is 6.42 Å². The second kappa shape index (κ2) is 6.45.